The average molecular weight is 1240 g/mol. The molecule has 9 N–H and O–H groups in total. The minimum atomic E-state index is -1.97. The van der Waals surface area contributed by atoms with Crippen LogP contribution in [-0.2, 0) is 41.7 Å². The molecule has 4 aliphatic carbocycles. The zero-order valence-electron chi connectivity index (χ0n) is 49.3. The Hall–Kier alpha value is -8.14. The molecule has 0 spiro atoms. The number of carbonyl (C=O) groups excluding carboxylic acids is 2. The van der Waals surface area contributed by atoms with Gasteiger partial charge in [0, 0.05) is 65.8 Å². The molecular formula is C64H71N7O17S. The predicted octanol–water partition coefficient (Wildman–Crippen LogP) is 7.51. The van der Waals surface area contributed by atoms with Crippen molar-refractivity contribution >= 4 is 67.4 Å². The number of carbonyl (C=O) groups is 5. The molecular weight excluding hydrogens is 1170 g/mol. The normalized spacial score (nSPS) is 25.2. The lowest BCUT2D eigenvalue weighted by Crippen LogP contribution is -2.64. The summed E-state index contributed by atoms with van der Waals surface area (Å²) < 4.78 is 38.1. The predicted molar refractivity (Wildman–Crippen MR) is 323 cm³/mol. The number of aromatic carboxylic acids is 1. The van der Waals surface area contributed by atoms with Crippen LogP contribution in [0.25, 0.3) is 43.4 Å². The maximum atomic E-state index is 14.0. The number of nitrogens with two attached hydrogens (primary N) is 1. The molecule has 4 aromatic carbocycles. The Morgan fingerprint density at radius 3 is 2.34 bits per heavy atom. The van der Waals surface area contributed by atoms with Gasteiger partial charge in [-0.15, -0.1) is 0 Å². The zero-order chi connectivity index (χ0) is 63.0. The second-order valence-electron chi connectivity index (χ2n) is 24.7. The summed E-state index contributed by atoms with van der Waals surface area (Å²) in [6.45, 7) is 7.28. The summed E-state index contributed by atoms with van der Waals surface area (Å²) in [4.78, 5) is 75.3. The standard InChI is InChI=1S/C64H71N7O17S/c1-36-44(41-15-16-45(67-50(41)56(78)79)38-12-11-37-7-6-8-42(43(37)25-38)55(77)69-59-68-46-9-4-5-10-48(46)89-59)27-66-71(36)35-63-30-61(2)29-62(3,31-63)33-64(32-61,34-63)86-22-20-70(19-17-49(72)73)60(82)85-28-39-13-14-40(84-24-23-83-21-18-65)26-47(39)87-58-53(76)51(74)52(75)54(88-58)57(80)81/h4-16,25-27,51-54,58,74-76H,17-24,28-35,65H2,1-3H3,(H,72,73)(H,78,79)(H,80,81)(H,68,69,77)/t51-,52-,53+,54-,58+,61?,62?,63?,64?/m1/s1. The first-order valence-corrected chi connectivity index (χ1v) is 30.2. The Morgan fingerprint density at radius 2 is 1.60 bits per heavy atom. The number of aliphatic carboxylic acids is 2. The number of aliphatic hydroxyl groups excluding tert-OH is 3. The van der Waals surface area contributed by atoms with Crippen LogP contribution in [0.1, 0.15) is 90.9 Å². The summed E-state index contributed by atoms with van der Waals surface area (Å²) in [6.07, 6.45) is -4.19. The molecule has 89 heavy (non-hydrogen) atoms. The molecule has 24 nitrogen and oxygen atoms in total. The fraction of sp³-hybridized carbons (Fsp3) is 0.438. The van der Waals surface area contributed by atoms with Crippen LogP contribution in [0.5, 0.6) is 11.5 Å². The number of thiazole rings is 1. The Kier molecular flexibility index (Phi) is 17.8. The molecule has 5 aliphatic rings. The second kappa shape index (κ2) is 25.4. The molecule has 3 aromatic heterocycles. The lowest BCUT2D eigenvalue weighted by molar-refractivity contribution is -0.271. The van der Waals surface area contributed by atoms with E-state index in [4.69, 9.17) is 44.2 Å². The molecule has 2 amide bonds. The molecule has 7 aromatic rings. The van der Waals surface area contributed by atoms with Gasteiger partial charge in [-0.25, -0.2) is 24.4 Å². The summed E-state index contributed by atoms with van der Waals surface area (Å²) in [7, 11) is 0. The first-order chi connectivity index (χ1) is 42.5. The van der Waals surface area contributed by atoms with E-state index in [1.165, 1.54) is 28.4 Å². The summed E-state index contributed by atoms with van der Waals surface area (Å²) >= 11 is 1.38. The van der Waals surface area contributed by atoms with Gasteiger partial charge in [0.05, 0.1) is 53.9 Å². The number of aliphatic hydroxyl groups is 3. The lowest BCUT2D eigenvalue weighted by Gasteiger charge is -2.69. The van der Waals surface area contributed by atoms with Gasteiger partial charge in [0.1, 0.15) is 43.0 Å². The number of anilines is 1. The topological polar surface area (TPSA) is 347 Å². The first-order valence-electron chi connectivity index (χ1n) is 29.4. The SMILES string of the molecule is Cc1c(-c2ccc(-c3ccc4cccc(C(=O)Nc5nc6ccccc6s5)c4c3)nc2C(=O)O)cnn1CC12CC3(C)CC(C)(C1)CC(OCCN(CCC(=O)O)C(=O)OCc1ccc(OCCOCCN)cc1O[C@H]1O[C@@H](C(=O)O)[C@H](O)[C@@H](O)[C@@H]1O)(C3)C2. The van der Waals surface area contributed by atoms with E-state index in [9.17, 15) is 54.6 Å². The molecule has 1 saturated heterocycles. The number of hydrogen-bond donors (Lipinski definition) is 8. The van der Waals surface area contributed by atoms with E-state index in [-0.39, 0.29) is 77.8 Å². The van der Waals surface area contributed by atoms with Crippen LogP contribution in [-0.4, -0.2) is 168 Å². The minimum absolute atomic E-state index is 0.0270. The van der Waals surface area contributed by atoms with Crippen LogP contribution in [0.2, 0.25) is 0 Å². The number of aromatic nitrogens is 4. The maximum absolute atomic E-state index is 14.0. The van der Waals surface area contributed by atoms with Gasteiger partial charge in [-0.1, -0.05) is 61.6 Å². The molecule has 2 unspecified atom stereocenters. The Labute approximate surface area is 515 Å². The van der Waals surface area contributed by atoms with Crippen molar-refractivity contribution in [3.8, 4) is 33.9 Å². The fourth-order valence-corrected chi connectivity index (χ4v) is 15.6. The number of amides is 2. The highest BCUT2D eigenvalue weighted by molar-refractivity contribution is 7.22. The van der Waals surface area contributed by atoms with Gasteiger partial charge in [0.2, 0.25) is 6.29 Å². The van der Waals surface area contributed by atoms with Gasteiger partial charge < -0.3 is 69.7 Å². The highest BCUT2D eigenvalue weighted by atomic mass is 32.1. The van der Waals surface area contributed by atoms with Crippen LogP contribution in [0.15, 0.2) is 97.2 Å². The van der Waals surface area contributed by atoms with E-state index in [0.29, 0.717) is 64.6 Å². The third-order valence-electron chi connectivity index (χ3n) is 17.4. The molecule has 4 heterocycles. The van der Waals surface area contributed by atoms with Crippen molar-refractivity contribution in [1.82, 2.24) is 24.6 Å². The van der Waals surface area contributed by atoms with Gasteiger partial charge >= 0.3 is 24.0 Å². The van der Waals surface area contributed by atoms with Crippen LogP contribution >= 0.6 is 11.3 Å². The van der Waals surface area contributed by atoms with E-state index >= 15 is 0 Å². The van der Waals surface area contributed by atoms with E-state index in [0.717, 1.165) is 53.4 Å². The van der Waals surface area contributed by atoms with Crippen molar-refractivity contribution in [2.45, 2.75) is 115 Å². The second-order valence-corrected chi connectivity index (χ2v) is 25.7. The minimum Gasteiger partial charge on any atom is -0.491 e. The van der Waals surface area contributed by atoms with Crippen molar-refractivity contribution in [2.24, 2.45) is 22.0 Å². The molecule has 4 bridgehead atoms. The number of ether oxygens (including phenoxy) is 6. The highest BCUT2D eigenvalue weighted by Gasteiger charge is 2.66. The van der Waals surface area contributed by atoms with Crippen molar-refractivity contribution in [3.05, 3.63) is 120 Å². The van der Waals surface area contributed by atoms with E-state index in [1.807, 2.05) is 66.2 Å². The number of para-hydroxylation sites is 1. The van der Waals surface area contributed by atoms with Crippen LogP contribution < -0.4 is 20.5 Å². The third-order valence-corrected chi connectivity index (χ3v) is 18.3. The number of carboxylic acid groups (broad SMARTS) is 3. The van der Waals surface area contributed by atoms with E-state index in [1.54, 1.807) is 30.5 Å². The van der Waals surface area contributed by atoms with E-state index < -0.39 is 73.3 Å². The quantitative estimate of drug-likeness (QED) is 0.0257. The van der Waals surface area contributed by atoms with Crippen molar-refractivity contribution < 1.29 is 83.0 Å². The molecule has 12 rings (SSSR count). The Balaban J connectivity index is 0.779. The number of fused-ring (bicyclic) bond motifs is 2. The van der Waals surface area contributed by atoms with Gasteiger partial charge in [-0.3, -0.25) is 19.6 Å². The smallest absolute Gasteiger partial charge is 0.410 e. The molecule has 470 valence electrons. The van der Waals surface area contributed by atoms with Gasteiger partial charge in [-0.05, 0) is 121 Å². The fourth-order valence-electron chi connectivity index (χ4n) is 14.7. The number of benzene rings is 4. The number of nitrogens with one attached hydrogen (secondary N) is 1. The number of rotatable bonds is 25. The van der Waals surface area contributed by atoms with Crippen LogP contribution in [0.4, 0.5) is 9.93 Å². The van der Waals surface area contributed by atoms with Crippen LogP contribution in [0, 0.1) is 23.2 Å². The van der Waals surface area contributed by atoms with Gasteiger partial charge in [-0.2, -0.15) is 5.10 Å². The number of nitrogens with zero attached hydrogens (tertiary/aromatic N) is 5. The van der Waals surface area contributed by atoms with Gasteiger partial charge in [0.15, 0.2) is 16.9 Å². The summed E-state index contributed by atoms with van der Waals surface area (Å²) in [5, 5.41) is 71.5. The molecule has 0 radical (unpaired) electrons. The molecule has 7 atom stereocenters. The van der Waals surface area contributed by atoms with Crippen molar-refractivity contribution in [2.75, 3.05) is 51.4 Å². The monoisotopic (exact) mass is 1240 g/mol. The summed E-state index contributed by atoms with van der Waals surface area (Å²) in [5.41, 5.74) is 8.48. The molecule has 25 heteroatoms. The largest absolute Gasteiger partial charge is 0.491 e. The highest BCUT2D eigenvalue weighted by Crippen LogP contribution is 2.72. The summed E-state index contributed by atoms with van der Waals surface area (Å²) in [6, 6.07) is 26.6. The first kappa shape index (κ1) is 62.5. The number of carboxylic acids is 3. The van der Waals surface area contributed by atoms with E-state index in [2.05, 4.69) is 24.1 Å². The van der Waals surface area contributed by atoms with Gasteiger partial charge in [0.25, 0.3) is 5.91 Å². The zero-order valence-corrected chi connectivity index (χ0v) is 50.2. The number of hydrogen-bond acceptors (Lipinski definition) is 19. The Bertz CT molecular complexity index is 3780. The maximum Gasteiger partial charge on any atom is 0.410 e. The average Bonchev–Trinajstić information content (AvgIpc) is 0.949. The third kappa shape index (κ3) is 13.4. The molecule has 1 aliphatic heterocycles. The van der Waals surface area contributed by atoms with Crippen molar-refractivity contribution in [1.29, 1.82) is 0 Å². The lowest BCUT2D eigenvalue weighted by atomic mass is 9.39. The molecule has 5 fully saturated rings. The Morgan fingerprint density at radius 1 is 0.809 bits per heavy atom. The summed E-state index contributed by atoms with van der Waals surface area (Å²) in [5.74, 6) is -4.16. The molecule has 4 saturated carbocycles. The van der Waals surface area contributed by atoms with Crippen molar-refractivity contribution in [3.63, 3.8) is 0 Å². The van der Waals surface area contributed by atoms with Crippen LogP contribution in [0.3, 0.4) is 0 Å². The number of pyridine rings is 1.